The second-order valence-electron chi connectivity index (χ2n) is 10.5. The van der Waals surface area contributed by atoms with Crippen molar-refractivity contribution in [2.24, 2.45) is 0 Å². The lowest BCUT2D eigenvalue weighted by Gasteiger charge is -2.37. The Hall–Kier alpha value is -2.87. The first kappa shape index (κ1) is 30.7. The lowest BCUT2D eigenvalue weighted by atomic mass is 10.2. The molecule has 0 aliphatic heterocycles. The van der Waals surface area contributed by atoms with Crippen LogP contribution in [0.4, 0.5) is 11.6 Å². The second-order valence-corrected chi connectivity index (χ2v) is 17.9. The van der Waals surface area contributed by atoms with E-state index in [4.69, 9.17) is 8.84 Å². The van der Waals surface area contributed by atoms with Crippen molar-refractivity contribution < 1.29 is 26.8 Å². The first-order valence-corrected chi connectivity index (χ1v) is 17.7. The number of esters is 1. The van der Waals surface area contributed by atoms with Crippen LogP contribution in [0.1, 0.15) is 43.8 Å². The SMILES string of the molecule is COC(=O)c1ccc(S(=O)(=O)Nc2cc(N[C@H](C)CO[Si](C)(C)C(C)(C)C)nc(SCc3ccccc3)n2)o1. The van der Waals surface area contributed by atoms with Crippen LogP contribution in [0, 0.1) is 0 Å². The minimum absolute atomic E-state index is 0.0524. The Morgan fingerprint density at radius 1 is 1.10 bits per heavy atom. The maximum absolute atomic E-state index is 13.0. The molecule has 0 fully saturated rings. The standard InChI is InChI=1S/C26H36N4O6S2Si/c1-18(16-35-39(6,7)26(2,3)4)27-21-15-22(29-25(28-21)37-17-19-11-9-8-10-12-19)30-38(32,33)23-14-13-20(36-23)24(31)34-5/h8-15,18H,16-17H2,1-7H3,(H2,27,28,29,30)/t18-/m1/s1. The highest BCUT2D eigenvalue weighted by molar-refractivity contribution is 7.98. The van der Waals surface area contributed by atoms with Gasteiger partial charge in [-0.1, -0.05) is 62.9 Å². The number of rotatable bonds is 12. The maximum Gasteiger partial charge on any atom is 0.374 e. The molecule has 3 rings (SSSR count). The first-order valence-electron chi connectivity index (χ1n) is 12.4. The van der Waals surface area contributed by atoms with E-state index < -0.39 is 29.4 Å². The van der Waals surface area contributed by atoms with Crippen LogP contribution in [0.15, 0.2) is 63.2 Å². The number of aromatic nitrogens is 2. The van der Waals surface area contributed by atoms with E-state index in [-0.39, 0.29) is 22.7 Å². The zero-order valence-electron chi connectivity index (χ0n) is 23.3. The lowest BCUT2D eigenvalue weighted by Crippen LogP contribution is -2.43. The van der Waals surface area contributed by atoms with Crippen molar-refractivity contribution in [2.75, 3.05) is 23.8 Å². The zero-order chi connectivity index (χ0) is 28.8. The smallest absolute Gasteiger partial charge is 0.374 e. The predicted octanol–water partition coefficient (Wildman–Crippen LogP) is 5.77. The van der Waals surface area contributed by atoms with Crippen molar-refractivity contribution in [2.45, 2.75) is 67.9 Å². The summed E-state index contributed by atoms with van der Waals surface area (Å²) in [6.45, 7) is 13.4. The van der Waals surface area contributed by atoms with Crippen molar-refractivity contribution in [1.82, 2.24) is 9.97 Å². The quantitative estimate of drug-likeness (QED) is 0.116. The van der Waals surface area contributed by atoms with Gasteiger partial charge in [0.1, 0.15) is 11.6 Å². The predicted molar refractivity (Wildman–Crippen MR) is 155 cm³/mol. The molecule has 2 aromatic heterocycles. The molecule has 2 N–H and O–H groups in total. The normalized spacial score (nSPS) is 13.1. The van der Waals surface area contributed by atoms with Crippen molar-refractivity contribution in [3.8, 4) is 0 Å². The molecule has 0 aliphatic carbocycles. The van der Waals surface area contributed by atoms with Crippen LogP contribution in [0.3, 0.4) is 0 Å². The number of hydrogen-bond acceptors (Lipinski definition) is 10. The van der Waals surface area contributed by atoms with Crippen molar-refractivity contribution in [1.29, 1.82) is 0 Å². The van der Waals surface area contributed by atoms with Crippen LogP contribution in [0.5, 0.6) is 0 Å². The average Bonchev–Trinajstić information content (AvgIpc) is 3.37. The topological polar surface area (TPSA) is 133 Å². The molecule has 0 aliphatic rings. The van der Waals surface area contributed by atoms with Crippen LogP contribution in [-0.2, 0) is 24.9 Å². The fourth-order valence-corrected chi connectivity index (χ4v) is 5.89. The number of anilines is 2. The number of carbonyl (C=O) groups is 1. The van der Waals surface area contributed by atoms with Gasteiger partial charge in [-0.15, -0.1) is 0 Å². The van der Waals surface area contributed by atoms with E-state index in [2.05, 4.69) is 58.6 Å². The van der Waals surface area contributed by atoms with E-state index in [0.717, 1.165) is 5.56 Å². The summed E-state index contributed by atoms with van der Waals surface area (Å²) in [6.07, 6.45) is 0. The van der Waals surface area contributed by atoms with E-state index in [1.54, 1.807) is 0 Å². The number of benzene rings is 1. The number of nitrogens with one attached hydrogen (secondary N) is 2. The molecule has 0 bridgehead atoms. The third kappa shape index (κ3) is 8.55. The Kier molecular flexibility index (Phi) is 9.86. The number of furan rings is 1. The van der Waals surface area contributed by atoms with Gasteiger partial charge in [-0.2, -0.15) is 8.42 Å². The molecule has 0 unspecified atom stereocenters. The molecule has 39 heavy (non-hydrogen) atoms. The number of thioether (sulfide) groups is 1. The Balaban J connectivity index is 1.82. The van der Waals surface area contributed by atoms with Gasteiger partial charge >= 0.3 is 5.97 Å². The van der Waals surface area contributed by atoms with Gasteiger partial charge in [0.25, 0.3) is 10.0 Å². The largest absolute Gasteiger partial charge is 0.463 e. The molecule has 1 atom stereocenters. The molecule has 13 heteroatoms. The number of sulfonamides is 1. The van der Waals surface area contributed by atoms with Gasteiger partial charge in [0.05, 0.1) is 13.7 Å². The molecule has 0 saturated heterocycles. The Morgan fingerprint density at radius 2 is 1.77 bits per heavy atom. The van der Waals surface area contributed by atoms with Gasteiger partial charge < -0.3 is 18.9 Å². The highest BCUT2D eigenvalue weighted by Crippen LogP contribution is 2.36. The molecule has 0 saturated carbocycles. The summed E-state index contributed by atoms with van der Waals surface area (Å²) in [5.41, 5.74) is 1.08. The molecule has 0 amide bonds. The molecule has 3 aromatic rings. The fourth-order valence-electron chi connectivity index (χ4n) is 3.04. The second kappa shape index (κ2) is 12.5. The summed E-state index contributed by atoms with van der Waals surface area (Å²) in [5, 5.41) is 3.33. The Labute approximate surface area is 235 Å². The summed E-state index contributed by atoms with van der Waals surface area (Å²) in [5.74, 6) is 0.0909. The third-order valence-electron chi connectivity index (χ3n) is 6.28. The van der Waals surface area contributed by atoms with Crippen LogP contribution >= 0.6 is 11.8 Å². The van der Waals surface area contributed by atoms with Crippen molar-refractivity contribution >= 4 is 47.7 Å². The van der Waals surface area contributed by atoms with Gasteiger partial charge in [-0.3, -0.25) is 4.72 Å². The molecule has 1 aromatic carbocycles. The summed E-state index contributed by atoms with van der Waals surface area (Å²) < 4.78 is 44.5. The first-order chi connectivity index (χ1) is 18.2. The van der Waals surface area contributed by atoms with Crippen LogP contribution in [0.2, 0.25) is 18.1 Å². The van der Waals surface area contributed by atoms with Crippen LogP contribution < -0.4 is 10.0 Å². The van der Waals surface area contributed by atoms with E-state index in [0.29, 0.717) is 23.3 Å². The summed E-state index contributed by atoms with van der Waals surface area (Å²) in [6, 6.07) is 13.7. The number of ether oxygens (including phenoxy) is 1. The Morgan fingerprint density at radius 3 is 2.41 bits per heavy atom. The molecule has 2 heterocycles. The number of nitrogens with zero attached hydrogens (tertiary/aromatic N) is 2. The molecule has 10 nitrogen and oxygen atoms in total. The van der Waals surface area contributed by atoms with Crippen molar-refractivity contribution in [3.05, 3.63) is 59.9 Å². The van der Waals surface area contributed by atoms with Crippen LogP contribution in [-0.4, -0.2) is 52.4 Å². The number of hydrogen-bond donors (Lipinski definition) is 2. The van der Waals surface area contributed by atoms with E-state index in [9.17, 15) is 13.2 Å². The highest BCUT2D eigenvalue weighted by Gasteiger charge is 2.37. The summed E-state index contributed by atoms with van der Waals surface area (Å²) in [7, 11) is -4.95. The zero-order valence-corrected chi connectivity index (χ0v) is 25.9. The van der Waals surface area contributed by atoms with E-state index in [1.807, 2.05) is 37.3 Å². The van der Waals surface area contributed by atoms with Gasteiger partial charge in [-0.05, 0) is 42.8 Å². The number of methoxy groups -OCH3 is 1. The minimum Gasteiger partial charge on any atom is -0.463 e. The van der Waals surface area contributed by atoms with E-state index in [1.165, 1.54) is 37.1 Å². The fraction of sp³-hybridized carbons (Fsp3) is 0.423. The third-order valence-corrected chi connectivity index (χ3v) is 12.9. The molecular formula is C26H36N4O6S2Si. The minimum atomic E-state index is -4.18. The summed E-state index contributed by atoms with van der Waals surface area (Å²) in [4.78, 5) is 20.7. The van der Waals surface area contributed by atoms with Gasteiger partial charge in [0.2, 0.25) is 10.9 Å². The van der Waals surface area contributed by atoms with Crippen molar-refractivity contribution in [3.63, 3.8) is 0 Å². The molecular weight excluding hydrogens is 557 g/mol. The maximum atomic E-state index is 13.0. The number of carbonyl (C=O) groups excluding carboxylic acids is 1. The lowest BCUT2D eigenvalue weighted by molar-refractivity contribution is 0.0559. The van der Waals surface area contributed by atoms with Gasteiger partial charge in [0, 0.05) is 17.9 Å². The monoisotopic (exact) mass is 592 g/mol. The molecule has 212 valence electrons. The summed E-state index contributed by atoms with van der Waals surface area (Å²) >= 11 is 1.38. The molecule has 0 radical (unpaired) electrons. The van der Waals surface area contributed by atoms with Gasteiger partial charge in [0.15, 0.2) is 13.5 Å². The Bertz CT molecular complexity index is 1370. The molecule has 0 spiro atoms. The highest BCUT2D eigenvalue weighted by atomic mass is 32.2. The van der Waals surface area contributed by atoms with E-state index >= 15 is 0 Å². The van der Waals surface area contributed by atoms with Gasteiger partial charge in [-0.25, -0.2) is 14.8 Å². The average molecular weight is 593 g/mol. The van der Waals surface area contributed by atoms with Crippen LogP contribution in [0.25, 0.3) is 0 Å².